The van der Waals surface area contributed by atoms with Crippen molar-refractivity contribution >= 4 is 17.3 Å². The molecule has 1 aliphatic rings. The summed E-state index contributed by atoms with van der Waals surface area (Å²) in [4.78, 5) is 2.29. The lowest BCUT2D eigenvalue weighted by molar-refractivity contribution is 0.247. The van der Waals surface area contributed by atoms with Gasteiger partial charge in [0.15, 0.2) is 0 Å². The zero-order chi connectivity index (χ0) is 12.3. The van der Waals surface area contributed by atoms with Gasteiger partial charge in [0.1, 0.15) is 0 Å². The van der Waals surface area contributed by atoms with E-state index in [0.29, 0.717) is 5.92 Å². The Hall–Kier alpha value is -0.770. The molecule has 0 aromatic heterocycles. The van der Waals surface area contributed by atoms with Crippen molar-refractivity contribution in [3.05, 3.63) is 29.3 Å². The molecule has 0 amide bonds. The average Bonchev–Trinajstić information content (AvgIpc) is 2.51. The van der Waals surface area contributed by atoms with Crippen LogP contribution in [-0.4, -0.2) is 37.4 Å². The van der Waals surface area contributed by atoms with E-state index in [9.17, 15) is 5.11 Å². The molecular weight excluding hydrogens is 236 g/mol. The SMILES string of the molecule is CC1CNC(CO)CN(c2cccc(Cl)c2)C1. The molecule has 2 unspecified atom stereocenters. The predicted octanol–water partition coefficient (Wildman–Crippen LogP) is 1.75. The maximum atomic E-state index is 9.31. The standard InChI is InChI=1S/C13H19ClN2O/c1-10-6-15-12(9-17)8-16(7-10)13-4-2-3-11(14)5-13/h2-5,10,12,15,17H,6-9H2,1H3. The zero-order valence-corrected chi connectivity index (χ0v) is 10.8. The van der Waals surface area contributed by atoms with Gasteiger partial charge in [0.05, 0.1) is 6.61 Å². The number of nitrogens with zero attached hydrogens (tertiary/aromatic N) is 1. The summed E-state index contributed by atoms with van der Waals surface area (Å²) in [6, 6.07) is 8.04. The third-order valence-corrected chi connectivity index (χ3v) is 3.36. The molecule has 1 heterocycles. The molecule has 3 nitrogen and oxygen atoms in total. The van der Waals surface area contributed by atoms with Crippen LogP contribution in [-0.2, 0) is 0 Å². The van der Waals surface area contributed by atoms with E-state index >= 15 is 0 Å². The molecule has 1 aromatic rings. The minimum atomic E-state index is 0.138. The van der Waals surface area contributed by atoms with Crippen LogP contribution in [0.5, 0.6) is 0 Å². The highest BCUT2D eigenvalue weighted by atomic mass is 35.5. The molecule has 0 radical (unpaired) electrons. The van der Waals surface area contributed by atoms with Gasteiger partial charge in [-0.3, -0.25) is 0 Å². The number of halogens is 1. The normalized spacial score (nSPS) is 25.7. The quantitative estimate of drug-likeness (QED) is 0.844. The van der Waals surface area contributed by atoms with E-state index in [0.717, 1.165) is 30.3 Å². The van der Waals surface area contributed by atoms with Crippen LogP contribution >= 0.6 is 11.6 Å². The van der Waals surface area contributed by atoms with Crippen molar-refractivity contribution in [2.45, 2.75) is 13.0 Å². The van der Waals surface area contributed by atoms with Crippen LogP contribution in [0.1, 0.15) is 6.92 Å². The number of hydrogen-bond acceptors (Lipinski definition) is 3. The first kappa shape index (κ1) is 12.7. The van der Waals surface area contributed by atoms with E-state index in [2.05, 4.69) is 23.2 Å². The molecule has 17 heavy (non-hydrogen) atoms. The van der Waals surface area contributed by atoms with E-state index in [1.165, 1.54) is 0 Å². The van der Waals surface area contributed by atoms with E-state index < -0.39 is 0 Å². The number of nitrogens with one attached hydrogen (secondary N) is 1. The molecule has 1 aromatic carbocycles. The molecule has 0 bridgehead atoms. The van der Waals surface area contributed by atoms with Gasteiger partial charge >= 0.3 is 0 Å². The summed E-state index contributed by atoms with van der Waals surface area (Å²) in [6.45, 7) is 5.14. The summed E-state index contributed by atoms with van der Waals surface area (Å²) in [5.74, 6) is 0.561. The smallest absolute Gasteiger partial charge is 0.0601 e. The van der Waals surface area contributed by atoms with Crippen molar-refractivity contribution in [2.24, 2.45) is 5.92 Å². The molecule has 0 spiro atoms. The second-order valence-electron chi connectivity index (χ2n) is 4.78. The second kappa shape index (κ2) is 5.71. The van der Waals surface area contributed by atoms with Gasteiger partial charge < -0.3 is 15.3 Å². The molecule has 0 saturated carbocycles. The molecule has 2 atom stereocenters. The summed E-state index contributed by atoms with van der Waals surface area (Å²) in [5.41, 5.74) is 1.13. The lowest BCUT2D eigenvalue weighted by atomic mass is 10.1. The highest BCUT2D eigenvalue weighted by Gasteiger charge is 2.21. The number of rotatable bonds is 2. The van der Waals surface area contributed by atoms with Gasteiger partial charge in [-0.25, -0.2) is 0 Å². The van der Waals surface area contributed by atoms with Crippen molar-refractivity contribution in [3.8, 4) is 0 Å². The third kappa shape index (κ3) is 3.35. The maximum absolute atomic E-state index is 9.31. The Balaban J connectivity index is 2.17. The number of anilines is 1. The molecule has 1 saturated heterocycles. The summed E-state index contributed by atoms with van der Waals surface area (Å²) in [6.07, 6.45) is 0. The Morgan fingerprint density at radius 1 is 1.47 bits per heavy atom. The Labute approximate surface area is 107 Å². The fourth-order valence-corrected chi connectivity index (χ4v) is 2.40. The van der Waals surface area contributed by atoms with Crippen molar-refractivity contribution in [2.75, 3.05) is 31.1 Å². The van der Waals surface area contributed by atoms with E-state index in [-0.39, 0.29) is 12.6 Å². The van der Waals surface area contributed by atoms with Gasteiger partial charge in [-0.2, -0.15) is 0 Å². The van der Waals surface area contributed by atoms with Crippen LogP contribution in [0.15, 0.2) is 24.3 Å². The van der Waals surface area contributed by atoms with E-state index in [4.69, 9.17) is 11.6 Å². The van der Waals surface area contributed by atoms with Gasteiger partial charge in [-0.05, 0) is 30.7 Å². The molecule has 1 aliphatic heterocycles. The Bertz CT molecular complexity index is 372. The molecule has 2 rings (SSSR count). The first-order valence-electron chi connectivity index (χ1n) is 6.04. The summed E-state index contributed by atoms with van der Waals surface area (Å²) < 4.78 is 0. The monoisotopic (exact) mass is 254 g/mol. The van der Waals surface area contributed by atoms with Gasteiger partial charge in [0.2, 0.25) is 0 Å². The fraction of sp³-hybridized carbons (Fsp3) is 0.538. The molecule has 4 heteroatoms. The Morgan fingerprint density at radius 2 is 2.29 bits per heavy atom. The first-order valence-corrected chi connectivity index (χ1v) is 6.41. The molecular formula is C13H19ClN2O. The second-order valence-corrected chi connectivity index (χ2v) is 5.21. The van der Waals surface area contributed by atoms with Crippen LogP contribution in [0.4, 0.5) is 5.69 Å². The highest BCUT2D eigenvalue weighted by Crippen LogP contribution is 2.21. The largest absolute Gasteiger partial charge is 0.395 e. The third-order valence-electron chi connectivity index (χ3n) is 3.12. The maximum Gasteiger partial charge on any atom is 0.0601 e. The van der Waals surface area contributed by atoms with Crippen molar-refractivity contribution in [3.63, 3.8) is 0 Å². The number of aliphatic hydroxyl groups is 1. The minimum absolute atomic E-state index is 0.138. The lowest BCUT2D eigenvalue weighted by Crippen LogP contribution is -2.40. The molecule has 1 fully saturated rings. The molecule has 0 aliphatic carbocycles. The summed E-state index contributed by atoms with van der Waals surface area (Å²) in [5, 5.41) is 13.4. The van der Waals surface area contributed by atoms with Crippen LogP contribution in [0.2, 0.25) is 5.02 Å². The number of hydrogen-bond donors (Lipinski definition) is 2. The van der Waals surface area contributed by atoms with Crippen LogP contribution in [0.3, 0.4) is 0 Å². The summed E-state index contributed by atoms with van der Waals surface area (Å²) >= 11 is 6.02. The molecule has 2 N–H and O–H groups in total. The Kier molecular flexibility index (Phi) is 4.26. The van der Waals surface area contributed by atoms with Crippen LogP contribution < -0.4 is 10.2 Å². The Morgan fingerprint density at radius 3 is 3.00 bits per heavy atom. The molecule has 94 valence electrons. The number of benzene rings is 1. The summed E-state index contributed by atoms with van der Waals surface area (Å²) in [7, 11) is 0. The van der Waals surface area contributed by atoms with Crippen molar-refractivity contribution in [1.82, 2.24) is 5.32 Å². The fourth-order valence-electron chi connectivity index (χ4n) is 2.22. The van der Waals surface area contributed by atoms with E-state index in [1.807, 2.05) is 18.2 Å². The van der Waals surface area contributed by atoms with Gasteiger partial charge in [-0.15, -0.1) is 0 Å². The van der Waals surface area contributed by atoms with Crippen molar-refractivity contribution in [1.29, 1.82) is 0 Å². The average molecular weight is 255 g/mol. The van der Waals surface area contributed by atoms with Gasteiger partial charge in [-0.1, -0.05) is 24.6 Å². The van der Waals surface area contributed by atoms with Gasteiger partial charge in [0, 0.05) is 29.8 Å². The highest BCUT2D eigenvalue weighted by molar-refractivity contribution is 6.30. The van der Waals surface area contributed by atoms with E-state index in [1.54, 1.807) is 0 Å². The zero-order valence-electron chi connectivity index (χ0n) is 10.1. The predicted molar refractivity (Wildman–Crippen MR) is 71.7 cm³/mol. The minimum Gasteiger partial charge on any atom is -0.395 e. The van der Waals surface area contributed by atoms with Crippen LogP contribution in [0, 0.1) is 5.92 Å². The first-order chi connectivity index (χ1) is 8.19. The number of aliphatic hydroxyl groups excluding tert-OH is 1. The lowest BCUT2D eigenvalue weighted by Gasteiger charge is -2.26. The van der Waals surface area contributed by atoms with Gasteiger partial charge in [0.25, 0.3) is 0 Å². The van der Waals surface area contributed by atoms with Crippen molar-refractivity contribution < 1.29 is 5.11 Å². The topological polar surface area (TPSA) is 35.5 Å². The van der Waals surface area contributed by atoms with Crippen LogP contribution in [0.25, 0.3) is 0 Å².